The standard InChI is InChI=1S/C30H34FN9O2/c1-30(2,42)28(31)16-34-29(41)23-15-33-25(27-10-9-22-11-18(13-32)14-35-40(22)27)12-24(23)36-20-5-3-19(4-6-20)26-17-39(38-37-26)21-7-8-21/h9-12,14-15,17,19-21,28,42H,3-8,16H2,1-2H3,(H,33,36)(H,34,41). The molecule has 3 N–H and O–H groups in total. The van der Waals surface area contributed by atoms with E-state index in [9.17, 15) is 19.6 Å². The fraction of sp³-hybridized carbons (Fsp3) is 0.467. The number of amides is 1. The van der Waals surface area contributed by atoms with Crippen LogP contribution in [0.2, 0.25) is 0 Å². The Hall–Kier alpha value is -4.37. The zero-order valence-electron chi connectivity index (χ0n) is 23.7. The lowest BCUT2D eigenvalue weighted by Gasteiger charge is -2.29. The van der Waals surface area contributed by atoms with Gasteiger partial charge in [0.05, 0.1) is 63.8 Å². The van der Waals surface area contributed by atoms with Crippen LogP contribution in [-0.4, -0.2) is 65.0 Å². The van der Waals surface area contributed by atoms with E-state index in [1.54, 1.807) is 10.6 Å². The van der Waals surface area contributed by atoms with Gasteiger partial charge in [-0.25, -0.2) is 13.6 Å². The third-order valence-electron chi connectivity index (χ3n) is 8.20. The van der Waals surface area contributed by atoms with Gasteiger partial charge in [-0.2, -0.15) is 10.4 Å². The lowest BCUT2D eigenvalue weighted by molar-refractivity contribution is -0.00177. The molecule has 0 radical (unpaired) electrons. The van der Waals surface area contributed by atoms with Gasteiger partial charge in [0.15, 0.2) is 0 Å². The SMILES string of the molecule is CC(C)(O)C(F)CNC(=O)c1cnc(-c2ccc3cc(C#N)cnn23)cc1NC1CCC(c2cn(C3CC3)nn2)CC1. The fourth-order valence-corrected chi connectivity index (χ4v) is 5.43. The molecule has 2 fully saturated rings. The highest BCUT2D eigenvalue weighted by Crippen LogP contribution is 2.37. The van der Waals surface area contributed by atoms with Crippen LogP contribution >= 0.6 is 0 Å². The molecule has 2 aliphatic carbocycles. The van der Waals surface area contributed by atoms with Gasteiger partial charge in [-0.1, -0.05) is 5.21 Å². The Labute approximate surface area is 242 Å². The van der Waals surface area contributed by atoms with Crippen LogP contribution in [-0.2, 0) is 0 Å². The lowest BCUT2D eigenvalue weighted by atomic mass is 9.84. The molecule has 0 aliphatic heterocycles. The summed E-state index contributed by atoms with van der Waals surface area (Å²) < 4.78 is 18.1. The normalized spacial score (nSPS) is 19.8. The van der Waals surface area contributed by atoms with Crippen LogP contribution in [0.15, 0.2) is 42.9 Å². The maximum atomic E-state index is 14.4. The summed E-state index contributed by atoms with van der Waals surface area (Å²) in [6.07, 6.45) is 9.45. The number of fused-ring (bicyclic) bond motifs is 1. The number of nitrogens with one attached hydrogen (secondary N) is 2. The van der Waals surface area contributed by atoms with E-state index >= 15 is 0 Å². The molecular formula is C30H34FN9O2. The van der Waals surface area contributed by atoms with Crippen molar-refractivity contribution in [1.82, 2.24) is 34.9 Å². The minimum atomic E-state index is -1.63. The van der Waals surface area contributed by atoms with Crippen LogP contribution in [0.3, 0.4) is 0 Å². The van der Waals surface area contributed by atoms with Crippen molar-refractivity contribution in [2.75, 3.05) is 11.9 Å². The number of hydrogen-bond donors (Lipinski definition) is 3. The average Bonchev–Trinajstić information content (AvgIpc) is 3.56. The maximum Gasteiger partial charge on any atom is 0.255 e. The molecule has 1 unspecified atom stereocenters. The number of aliphatic hydroxyl groups is 1. The first-order chi connectivity index (χ1) is 20.2. The summed E-state index contributed by atoms with van der Waals surface area (Å²) in [6.45, 7) is 2.40. The highest BCUT2D eigenvalue weighted by molar-refractivity contribution is 6.00. The fourth-order valence-electron chi connectivity index (χ4n) is 5.43. The summed E-state index contributed by atoms with van der Waals surface area (Å²) >= 11 is 0. The molecule has 218 valence electrons. The van der Waals surface area contributed by atoms with Gasteiger partial charge in [0.1, 0.15) is 12.2 Å². The number of anilines is 1. The molecule has 0 aromatic carbocycles. The van der Waals surface area contributed by atoms with Crippen molar-refractivity contribution in [1.29, 1.82) is 5.26 Å². The molecule has 0 saturated heterocycles. The zero-order valence-corrected chi connectivity index (χ0v) is 23.7. The average molecular weight is 572 g/mol. The summed E-state index contributed by atoms with van der Waals surface area (Å²) in [7, 11) is 0. The molecule has 12 heteroatoms. The summed E-state index contributed by atoms with van der Waals surface area (Å²) in [5, 5.41) is 38.5. The number of hydrogen-bond acceptors (Lipinski definition) is 8. The Balaban J connectivity index is 1.23. The molecule has 6 rings (SSSR count). The van der Waals surface area contributed by atoms with Gasteiger partial charge in [-0.15, -0.1) is 5.10 Å². The molecular weight excluding hydrogens is 537 g/mol. The lowest BCUT2D eigenvalue weighted by Crippen LogP contribution is -2.42. The number of pyridine rings is 1. The predicted molar refractivity (Wildman–Crippen MR) is 154 cm³/mol. The van der Waals surface area contributed by atoms with Gasteiger partial charge in [-0.3, -0.25) is 9.78 Å². The monoisotopic (exact) mass is 571 g/mol. The molecule has 4 aromatic heterocycles. The second kappa shape index (κ2) is 11.1. The molecule has 0 bridgehead atoms. The van der Waals surface area contributed by atoms with Crippen LogP contribution in [0.4, 0.5) is 10.1 Å². The number of aromatic nitrogens is 6. The number of nitriles is 1. The van der Waals surface area contributed by atoms with E-state index in [0.717, 1.165) is 36.9 Å². The van der Waals surface area contributed by atoms with E-state index < -0.39 is 17.7 Å². The number of halogens is 1. The third kappa shape index (κ3) is 5.83. The van der Waals surface area contributed by atoms with Gasteiger partial charge in [-0.05, 0) is 76.6 Å². The summed E-state index contributed by atoms with van der Waals surface area (Å²) in [5.74, 6) is -0.128. The van der Waals surface area contributed by atoms with E-state index in [1.807, 2.05) is 22.9 Å². The molecule has 4 aromatic rings. The molecule has 4 heterocycles. The van der Waals surface area contributed by atoms with Crippen LogP contribution in [0.5, 0.6) is 0 Å². The van der Waals surface area contributed by atoms with E-state index in [0.29, 0.717) is 34.6 Å². The highest BCUT2D eigenvalue weighted by Gasteiger charge is 2.30. The minimum Gasteiger partial charge on any atom is -0.387 e. The summed E-state index contributed by atoms with van der Waals surface area (Å²) in [5.41, 5.74) is 2.85. The zero-order chi connectivity index (χ0) is 29.4. The van der Waals surface area contributed by atoms with Crippen molar-refractivity contribution in [3.05, 3.63) is 59.7 Å². The molecule has 1 amide bonds. The van der Waals surface area contributed by atoms with Crippen molar-refractivity contribution >= 4 is 17.1 Å². The summed E-state index contributed by atoms with van der Waals surface area (Å²) in [4.78, 5) is 17.8. The van der Waals surface area contributed by atoms with E-state index in [4.69, 9.17) is 0 Å². The molecule has 2 aliphatic rings. The van der Waals surface area contributed by atoms with Gasteiger partial charge in [0, 0.05) is 24.4 Å². The maximum absolute atomic E-state index is 14.4. The molecule has 1 atom stereocenters. The first-order valence-electron chi connectivity index (χ1n) is 14.4. The van der Waals surface area contributed by atoms with E-state index in [1.165, 1.54) is 39.1 Å². The topological polar surface area (TPSA) is 146 Å². The first-order valence-corrected chi connectivity index (χ1v) is 14.4. The van der Waals surface area contributed by atoms with Crippen molar-refractivity contribution < 1.29 is 14.3 Å². The Morgan fingerprint density at radius 1 is 1.19 bits per heavy atom. The number of carbonyl (C=O) groups excluding carboxylic acids is 1. The van der Waals surface area contributed by atoms with Gasteiger partial charge < -0.3 is 15.7 Å². The number of carbonyl (C=O) groups is 1. The first kappa shape index (κ1) is 27.8. The Morgan fingerprint density at radius 2 is 1.98 bits per heavy atom. The second-order valence-electron chi connectivity index (χ2n) is 11.9. The van der Waals surface area contributed by atoms with Crippen LogP contribution in [0, 0.1) is 11.3 Å². The molecule has 11 nitrogen and oxygen atoms in total. The Morgan fingerprint density at radius 3 is 2.69 bits per heavy atom. The van der Waals surface area contributed by atoms with E-state index in [2.05, 4.69) is 43.3 Å². The predicted octanol–water partition coefficient (Wildman–Crippen LogP) is 4.17. The van der Waals surface area contributed by atoms with Crippen molar-refractivity contribution in [2.45, 2.75) is 82.1 Å². The van der Waals surface area contributed by atoms with Gasteiger partial charge in [0.25, 0.3) is 5.91 Å². The second-order valence-corrected chi connectivity index (χ2v) is 11.9. The molecule has 0 spiro atoms. The molecule has 2 saturated carbocycles. The van der Waals surface area contributed by atoms with Gasteiger partial charge in [0.2, 0.25) is 0 Å². The van der Waals surface area contributed by atoms with Crippen LogP contribution in [0.1, 0.15) is 85.9 Å². The summed E-state index contributed by atoms with van der Waals surface area (Å²) in [6, 6.07) is 10.0. The number of rotatable bonds is 9. The highest BCUT2D eigenvalue weighted by atomic mass is 19.1. The third-order valence-corrected chi connectivity index (χ3v) is 8.20. The Bertz CT molecular complexity index is 1640. The van der Waals surface area contributed by atoms with Crippen molar-refractivity contribution in [2.24, 2.45) is 0 Å². The Kier molecular flexibility index (Phi) is 7.36. The number of alkyl halides is 1. The minimum absolute atomic E-state index is 0.118. The smallest absolute Gasteiger partial charge is 0.255 e. The van der Waals surface area contributed by atoms with Crippen molar-refractivity contribution in [3.63, 3.8) is 0 Å². The molecule has 42 heavy (non-hydrogen) atoms. The quantitative estimate of drug-likeness (QED) is 0.271. The van der Waals surface area contributed by atoms with E-state index in [-0.39, 0.29) is 18.2 Å². The van der Waals surface area contributed by atoms with Crippen molar-refractivity contribution in [3.8, 4) is 17.5 Å². The number of nitrogens with zero attached hydrogens (tertiary/aromatic N) is 7. The van der Waals surface area contributed by atoms with Crippen LogP contribution < -0.4 is 10.6 Å². The largest absolute Gasteiger partial charge is 0.387 e. The van der Waals surface area contributed by atoms with Gasteiger partial charge >= 0.3 is 0 Å². The van der Waals surface area contributed by atoms with Crippen LogP contribution in [0.25, 0.3) is 16.9 Å².